The van der Waals surface area contributed by atoms with E-state index in [1.54, 1.807) is 26.4 Å². The van der Waals surface area contributed by atoms with Crippen molar-refractivity contribution < 1.29 is 14.2 Å². The van der Waals surface area contributed by atoms with Gasteiger partial charge in [-0.15, -0.1) is 0 Å². The number of rotatable bonds is 4. The van der Waals surface area contributed by atoms with Gasteiger partial charge in [0.25, 0.3) is 0 Å². The fraction of sp³-hybridized carbons (Fsp3) is 0.333. The smallest absolute Gasteiger partial charge is 0.164 e. The second kappa shape index (κ2) is 4.97. The molecule has 3 nitrogen and oxygen atoms in total. The Morgan fingerprint density at radius 3 is 2.38 bits per heavy atom. The third-order valence-corrected chi connectivity index (χ3v) is 1.81. The fourth-order valence-electron chi connectivity index (χ4n) is 0.969. The van der Waals surface area contributed by atoms with Gasteiger partial charge in [-0.3, -0.25) is 0 Å². The second-order valence-corrected chi connectivity index (χ2v) is 2.73. The summed E-state index contributed by atoms with van der Waals surface area (Å²) in [7, 11) is 3.19. The van der Waals surface area contributed by atoms with Crippen molar-refractivity contribution in [2.75, 3.05) is 19.7 Å². The summed E-state index contributed by atoms with van der Waals surface area (Å²) in [6.45, 7) is 0. The van der Waals surface area contributed by atoms with Crippen LogP contribution in [0.1, 0.15) is 0 Å². The first-order valence-corrected chi connectivity index (χ1v) is 4.84. The van der Waals surface area contributed by atoms with Gasteiger partial charge in [-0.1, -0.05) is 0 Å². The Morgan fingerprint density at radius 2 is 1.85 bits per heavy atom. The summed E-state index contributed by atoms with van der Waals surface area (Å²) in [5.41, 5.74) is 0.461. The number of ether oxygens (including phenoxy) is 3. The van der Waals surface area contributed by atoms with Gasteiger partial charge in [0.15, 0.2) is 11.5 Å². The number of benzene rings is 1. The summed E-state index contributed by atoms with van der Waals surface area (Å²) in [4.78, 5) is 0. The molecule has 0 heterocycles. The number of methoxy groups -OCH3 is 2. The van der Waals surface area contributed by atoms with Crippen molar-refractivity contribution in [2.45, 2.75) is 0 Å². The molecule has 0 fully saturated rings. The summed E-state index contributed by atoms with van der Waals surface area (Å²) in [5, 5.41) is 0. The van der Waals surface area contributed by atoms with Crippen LogP contribution in [0.4, 0.5) is 0 Å². The molecule has 1 rings (SSSR count). The van der Waals surface area contributed by atoms with Crippen LogP contribution in [0, 0.1) is 0 Å². The third kappa shape index (κ3) is 2.52. The van der Waals surface area contributed by atoms with Crippen LogP contribution < -0.4 is 14.2 Å². The molecule has 4 heteroatoms. The Bertz CT molecular complexity index is 276. The van der Waals surface area contributed by atoms with E-state index >= 15 is 0 Å². The second-order valence-electron chi connectivity index (χ2n) is 2.27. The molecule has 1 aromatic carbocycles. The highest BCUT2D eigenvalue weighted by Crippen LogP contribution is 2.30. The van der Waals surface area contributed by atoms with Gasteiger partial charge < -0.3 is 14.2 Å². The van der Waals surface area contributed by atoms with Crippen LogP contribution in [0.2, 0.25) is 0 Å². The zero-order valence-corrected chi connectivity index (χ0v) is 9.13. The number of halogens is 1. The molecular formula is C9H11BrO3. The lowest BCUT2D eigenvalue weighted by molar-refractivity contribution is 0.347. The molecule has 0 spiro atoms. The summed E-state index contributed by atoms with van der Waals surface area (Å²) >= 11 is 3.17. The molecule has 1 aromatic rings. The van der Waals surface area contributed by atoms with Crippen LogP contribution >= 0.6 is 15.9 Å². The fourth-order valence-corrected chi connectivity index (χ4v) is 1.23. The van der Waals surface area contributed by atoms with Gasteiger partial charge in [0.2, 0.25) is 0 Å². The van der Waals surface area contributed by atoms with Crippen LogP contribution in [0.3, 0.4) is 0 Å². The van der Waals surface area contributed by atoms with E-state index in [0.29, 0.717) is 17.0 Å². The third-order valence-electron chi connectivity index (χ3n) is 1.58. The monoisotopic (exact) mass is 246 g/mol. The van der Waals surface area contributed by atoms with Gasteiger partial charge in [-0.2, -0.15) is 0 Å². The summed E-state index contributed by atoms with van der Waals surface area (Å²) in [6, 6.07) is 5.40. The molecule has 13 heavy (non-hydrogen) atoms. The van der Waals surface area contributed by atoms with Crippen LogP contribution in [0.5, 0.6) is 17.2 Å². The molecule has 0 aromatic heterocycles. The van der Waals surface area contributed by atoms with E-state index < -0.39 is 0 Å². The van der Waals surface area contributed by atoms with Gasteiger partial charge in [0.1, 0.15) is 11.3 Å². The highest BCUT2D eigenvalue weighted by atomic mass is 79.9. The van der Waals surface area contributed by atoms with Gasteiger partial charge in [-0.05, 0) is 28.1 Å². The van der Waals surface area contributed by atoms with Crippen molar-refractivity contribution in [3.05, 3.63) is 18.2 Å². The van der Waals surface area contributed by atoms with E-state index in [9.17, 15) is 0 Å². The quantitative estimate of drug-likeness (QED) is 0.765. The largest absolute Gasteiger partial charge is 0.493 e. The van der Waals surface area contributed by atoms with Crippen molar-refractivity contribution in [3.8, 4) is 17.2 Å². The number of hydrogen-bond donors (Lipinski definition) is 0. The lowest BCUT2D eigenvalue weighted by atomic mass is 10.3. The van der Waals surface area contributed by atoms with Crippen LogP contribution in [0.15, 0.2) is 18.2 Å². The number of alkyl halides is 1. The highest BCUT2D eigenvalue weighted by molar-refractivity contribution is 9.09. The Hall–Kier alpha value is -0.900. The normalized spacial score (nSPS) is 9.46. The lowest BCUT2D eigenvalue weighted by Gasteiger charge is -2.09. The Kier molecular flexibility index (Phi) is 3.89. The Balaban J connectivity index is 2.91. The van der Waals surface area contributed by atoms with Gasteiger partial charge in [0, 0.05) is 6.07 Å². The maximum Gasteiger partial charge on any atom is 0.164 e. The van der Waals surface area contributed by atoms with E-state index in [0.717, 1.165) is 5.75 Å². The summed E-state index contributed by atoms with van der Waals surface area (Å²) in [5.74, 6) is 2.11. The van der Waals surface area contributed by atoms with Crippen molar-refractivity contribution >= 4 is 15.9 Å². The predicted octanol–water partition coefficient (Wildman–Crippen LogP) is 2.44. The molecule has 0 bridgehead atoms. The summed E-state index contributed by atoms with van der Waals surface area (Å²) in [6.07, 6.45) is 0. The minimum atomic E-state index is 0.461. The van der Waals surface area contributed by atoms with Crippen LogP contribution in [-0.2, 0) is 0 Å². The SMILES string of the molecule is COc1ccc(OCBr)cc1OC. The van der Waals surface area contributed by atoms with E-state index in [2.05, 4.69) is 15.9 Å². The maximum atomic E-state index is 5.23. The minimum absolute atomic E-state index is 0.461. The molecule has 0 saturated heterocycles. The minimum Gasteiger partial charge on any atom is -0.493 e. The zero-order valence-electron chi connectivity index (χ0n) is 7.54. The molecule has 0 radical (unpaired) electrons. The van der Waals surface area contributed by atoms with Crippen molar-refractivity contribution in [1.82, 2.24) is 0 Å². The molecule has 0 amide bonds. The molecule has 0 N–H and O–H groups in total. The predicted molar refractivity (Wildman–Crippen MR) is 54.0 cm³/mol. The van der Waals surface area contributed by atoms with Gasteiger partial charge in [0.05, 0.1) is 14.2 Å². The molecule has 72 valence electrons. The number of hydrogen-bond acceptors (Lipinski definition) is 3. The molecule has 0 unspecified atom stereocenters. The first-order chi connectivity index (χ1) is 6.31. The highest BCUT2D eigenvalue weighted by Gasteiger charge is 2.04. The van der Waals surface area contributed by atoms with Crippen LogP contribution in [-0.4, -0.2) is 19.7 Å². The Labute approximate surface area is 85.7 Å². The van der Waals surface area contributed by atoms with E-state index in [4.69, 9.17) is 14.2 Å². The van der Waals surface area contributed by atoms with Crippen LogP contribution in [0.25, 0.3) is 0 Å². The topological polar surface area (TPSA) is 27.7 Å². The Morgan fingerprint density at radius 1 is 1.15 bits per heavy atom. The average Bonchev–Trinajstić information content (AvgIpc) is 2.18. The molecular weight excluding hydrogens is 236 g/mol. The first-order valence-electron chi connectivity index (χ1n) is 3.72. The van der Waals surface area contributed by atoms with Gasteiger partial charge in [-0.25, -0.2) is 0 Å². The summed E-state index contributed by atoms with van der Waals surface area (Å²) < 4.78 is 15.4. The lowest BCUT2D eigenvalue weighted by Crippen LogP contribution is -1.93. The van der Waals surface area contributed by atoms with Gasteiger partial charge >= 0.3 is 0 Å². The average molecular weight is 247 g/mol. The molecule has 0 aliphatic heterocycles. The zero-order chi connectivity index (χ0) is 9.68. The maximum absolute atomic E-state index is 5.23. The molecule has 0 aliphatic rings. The van der Waals surface area contributed by atoms with Crippen molar-refractivity contribution in [2.24, 2.45) is 0 Å². The van der Waals surface area contributed by atoms with E-state index in [1.165, 1.54) is 0 Å². The van der Waals surface area contributed by atoms with E-state index in [-0.39, 0.29) is 0 Å². The van der Waals surface area contributed by atoms with Crippen molar-refractivity contribution in [1.29, 1.82) is 0 Å². The van der Waals surface area contributed by atoms with E-state index in [1.807, 2.05) is 6.07 Å². The standard InChI is InChI=1S/C9H11BrO3/c1-11-8-4-3-7(13-6-10)5-9(8)12-2/h3-5H,6H2,1-2H3. The molecule has 0 atom stereocenters. The molecule has 0 aliphatic carbocycles. The van der Waals surface area contributed by atoms with Crippen molar-refractivity contribution in [3.63, 3.8) is 0 Å². The molecule has 0 saturated carbocycles. The first kappa shape index (κ1) is 10.2.